The number of ether oxygens (including phenoxy) is 1. The van der Waals surface area contributed by atoms with E-state index < -0.39 is 5.97 Å². The molecule has 1 fully saturated rings. The summed E-state index contributed by atoms with van der Waals surface area (Å²) in [7, 11) is 1.53. The largest absolute Gasteiger partial charge is 0.480 e. The van der Waals surface area contributed by atoms with Crippen LogP contribution in [0.1, 0.15) is 6.92 Å². The third-order valence-electron chi connectivity index (χ3n) is 2.67. The third-order valence-corrected chi connectivity index (χ3v) is 3.81. The van der Waals surface area contributed by atoms with Gasteiger partial charge in [0.15, 0.2) is 0 Å². The number of carboxylic acids is 1. The van der Waals surface area contributed by atoms with Gasteiger partial charge in [0, 0.05) is 37.7 Å². The minimum atomic E-state index is -1.00. The van der Waals surface area contributed by atoms with E-state index in [2.05, 4.69) is 6.92 Å². The lowest BCUT2D eigenvalue weighted by atomic mass is 10.4. The second-order valence-electron chi connectivity index (χ2n) is 4.22. The van der Waals surface area contributed by atoms with Gasteiger partial charge in [-0.25, -0.2) is 4.79 Å². The summed E-state index contributed by atoms with van der Waals surface area (Å²) in [5, 5.41) is 9.22. The standard InChI is InChI=1S/C11H20N2O4S/c1-9-7-13(4-6-18-9)11(16)12(3-5-17-2)8-10(14)15/h9H,3-8H2,1-2H3,(H,14,15). The van der Waals surface area contributed by atoms with Gasteiger partial charge in [0.05, 0.1) is 6.61 Å². The van der Waals surface area contributed by atoms with Crippen molar-refractivity contribution in [1.82, 2.24) is 9.80 Å². The van der Waals surface area contributed by atoms with Crippen molar-refractivity contribution in [2.24, 2.45) is 0 Å². The molecule has 1 saturated heterocycles. The Hall–Kier alpha value is -0.950. The number of carboxylic acid groups (broad SMARTS) is 1. The molecule has 6 nitrogen and oxygen atoms in total. The van der Waals surface area contributed by atoms with Crippen molar-refractivity contribution in [3.05, 3.63) is 0 Å². The van der Waals surface area contributed by atoms with Gasteiger partial charge in [0.2, 0.25) is 0 Å². The Kier molecular flexibility index (Phi) is 6.28. The second-order valence-corrected chi connectivity index (χ2v) is 5.76. The zero-order chi connectivity index (χ0) is 13.5. The Morgan fingerprint density at radius 3 is 2.83 bits per heavy atom. The van der Waals surface area contributed by atoms with Crippen molar-refractivity contribution < 1.29 is 19.4 Å². The highest BCUT2D eigenvalue weighted by atomic mass is 32.2. The Morgan fingerprint density at radius 1 is 1.56 bits per heavy atom. The number of amides is 2. The van der Waals surface area contributed by atoms with Crippen LogP contribution in [0.3, 0.4) is 0 Å². The predicted octanol–water partition coefficient (Wildman–Crippen LogP) is 0.577. The van der Waals surface area contributed by atoms with Crippen LogP contribution in [-0.4, -0.2) is 77.8 Å². The van der Waals surface area contributed by atoms with Crippen molar-refractivity contribution in [3.63, 3.8) is 0 Å². The molecule has 0 aromatic rings. The predicted molar refractivity (Wildman–Crippen MR) is 70.0 cm³/mol. The molecule has 1 unspecified atom stereocenters. The maximum atomic E-state index is 12.2. The molecule has 0 bridgehead atoms. The topological polar surface area (TPSA) is 70.1 Å². The van der Waals surface area contributed by atoms with Crippen LogP contribution in [0, 0.1) is 0 Å². The van der Waals surface area contributed by atoms with Crippen molar-refractivity contribution in [2.45, 2.75) is 12.2 Å². The maximum absolute atomic E-state index is 12.2. The number of carbonyl (C=O) groups is 2. The lowest BCUT2D eigenvalue weighted by Gasteiger charge is -2.34. The number of rotatable bonds is 5. The smallest absolute Gasteiger partial charge is 0.323 e. The molecule has 18 heavy (non-hydrogen) atoms. The van der Waals surface area contributed by atoms with E-state index in [1.165, 1.54) is 12.0 Å². The Morgan fingerprint density at radius 2 is 2.28 bits per heavy atom. The summed E-state index contributed by atoms with van der Waals surface area (Å²) in [6.45, 7) is 3.79. The van der Waals surface area contributed by atoms with Gasteiger partial charge in [0.25, 0.3) is 0 Å². The van der Waals surface area contributed by atoms with Crippen molar-refractivity contribution in [1.29, 1.82) is 0 Å². The first kappa shape index (κ1) is 15.1. The minimum Gasteiger partial charge on any atom is -0.480 e. The summed E-state index contributed by atoms with van der Waals surface area (Å²) in [5.41, 5.74) is 0. The normalized spacial score (nSPS) is 19.7. The monoisotopic (exact) mass is 276 g/mol. The minimum absolute atomic E-state index is 0.207. The van der Waals surface area contributed by atoms with Crippen LogP contribution in [0.2, 0.25) is 0 Å². The van der Waals surface area contributed by atoms with Gasteiger partial charge in [-0.05, 0) is 0 Å². The summed E-state index contributed by atoms with van der Waals surface area (Å²) < 4.78 is 4.90. The van der Waals surface area contributed by atoms with Crippen LogP contribution in [0.15, 0.2) is 0 Å². The van der Waals surface area contributed by atoms with Crippen molar-refractivity contribution in [2.75, 3.05) is 45.6 Å². The zero-order valence-electron chi connectivity index (χ0n) is 10.8. The molecule has 1 rings (SSSR count). The van der Waals surface area contributed by atoms with Gasteiger partial charge < -0.3 is 19.6 Å². The number of hydrogen-bond donors (Lipinski definition) is 1. The van der Waals surface area contributed by atoms with E-state index in [1.54, 1.807) is 4.90 Å². The molecule has 2 amide bonds. The van der Waals surface area contributed by atoms with Gasteiger partial charge in [0.1, 0.15) is 6.54 Å². The number of thioether (sulfide) groups is 1. The van der Waals surface area contributed by atoms with Crippen LogP contribution < -0.4 is 0 Å². The molecular weight excluding hydrogens is 256 g/mol. The SMILES string of the molecule is COCCN(CC(=O)O)C(=O)N1CCSC(C)C1. The van der Waals surface area contributed by atoms with Gasteiger partial charge in [-0.15, -0.1) is 0 Å². The molecule has 0 saturated carbocycles. The molecule has 1 N–H and O–H groups in total. The van der Waals surface area contributed by atoms with Crippen LogP contribution in [0.4, 0.5) is 4.79 Å². The summed E-state index contributed by atoms with van der Waals surface area (Å²) in [6.07, 6.45) is 0. The van der Waals surface area contributed by atoms with E-state index >= 15 is 0 Å². The second kappa shape index (κ2) is 7.48. The fourth-order valence-corrected chi connectivity index (χ4v) is 2.81. The Labute approximate surface area is 111 Å². The van der Waals surface area contributed by atoms with Crippen LogP contribution in [0.25, 0.3) is 0 Å². The highest BCUT2D eigenvalue weighted by Gasteiger charge is 2.26. The Balaban J connectivity index is 2.58. The fraction of sp³-hybridized carbons (Fsp3) is 0.818. The third kappa shape index (κ3) is 4.73. The molecule has 0 aliphatic carbocycles. The van der Waals surface area contributed by atoms with E-state index in [0.717, 1.165) is 5.75 Å². The van der Waals surface area contributed by atoms with Crippen molar-refractivity contribution >= 4 is 23.8 Å². The van der Waals surface area contributed by atoms with Crippen LogP contribution in [0.5, 0.6) is 0 Å². The number of urea groups is 1. The quantitative estimate of drug-likeness (QED) is 0.795. The molecule has 1 aliphatic rings. The maximum Gasteiger partial charge on any atom is 0.323 e. The molecule has 1 heterocycles. The first-order valence-electron chi connectivity index (χ1n) is 5.90. The van der Waals surface area contributed by atoms with Crippen LogP contribution >= 0.6 is 11.8 Å². The molecule has 0 aromatic carbocycles. The van der Waals surface area contributed by atoms with E-state index in [-0.39, 0.29) is 12.6 Å². The van der Waals surface area contributed by atoms with Crippen LogP contribution in [-0.2, 0) is 9.53 Å². The fourth-order valence-electron chi connectivity index (χ4n) is 1.80. The van der Waals surface area contributed by atoms with Gasteiger partial charge in [-0.2, -0.15) is 11.8 Å². The molecule has 0 radical (unpaired) electrons. The van der Waals surface area contributed by atoms with E-state index in [1.807, 2.05) is 11.8 Å². The first-order valence-corrected chi connectivity index (χ1v) is 6.95. The van der Waals surface area contributed by atoms with Gasteiger partial charge in [-0.1, -0.05) is 6.92 Å². The lowest BCUT2D eigenvalue weighted by Crippen LogP contribution is -2.50. The molecular formula is C11H20N2O4S. The first-order chi connectivity index (χ1) is 8.54. The molecule has 104 valence electrons. The average molecular weight is 276 g/mol. The summed E-state index contributed by atoms with van der Waals surface area (Å²) >= 11 is 1.83. The van der Waals surface area contributed by atoms with E-state index in [9.17, 15) is 9.59 Å². The van der Waals surface area contributed by atoms with Gasteiger partial charge in [-0.3, -0.25) is 4.79 Å². The van der Waals surface area contributed by atoms with E-state index in [4.69, 9.17) is 9.84 Å². The molecule has 1 atom stereocenters. The summed E-state index contributed by atoms with van der Waals surface area (Å²) in [5.74, 6) is -0.100. The highest BCUT2D eigenvalue weighted by Crippen LogP contribution is 2.18. The van der Waals surface area contributed by atoms with Crippen molar-refractivity contribution in [3.8, 4) is 0 Å². The number of hydrogen-bond acceptors (Lipinski definition) is 4. The molecule has 0 spiro atoms. The molecule has 0 aromatic heterocycles. The summed E-state index contributed by atoms with van der Waals surface area (Å²) in [4.78, 5) is 26.0. The number of aliphatic carboxylic acids is 1. The number of nitrogens with zero attached hydrogens (tertiary/aromatic N) is 2. The van der Waals surface area contributed by atoms with Gasteiger partial charge >= 0.3 is 12.0 Å². The van der Waals surface area contributed by atoms with E-state index in [0.29, 0.717) is 31.5 Å². The molecule has 1 aliphatic heterocycles. The summed E-state index contributed by atoms with van der Waals surface area (Å²) in [6, 6.07) is -0.207. The molecule has 7 heteroatoms. The average Bonchev–Trinajstić information content (AvgIpc) is 2.33. The lowest BCUT2D eigenvalue weighted by molar-refractivity contribution is -0.137. The zero-order valence-corrected chi connectivity index (χ0v) is 11.6. The number of carbonyl (C=O) groups excluding carboxylic acids is 1. The highest BCUT2D eigenvalue weighted by molar-refractivity contribution is 7.99. The number of methoxy groups -OCH3 is 1. The Bertz CT molecular complexity index is 301.